The van der Waals surface area contributed by atoms with E-state index in [-0.39, 0.29) is 23.6 Å². The van der Waals surface area contributed by atoms with Gasteiger partial charge < -0.3 is 10.1 Å². The molecule has 25 heavy (non-hydrogen) atoms. The second kappa shape index (κ2) is 7.83. The number of nitrogens with one attached hydrogen (secondary N) is 1. The molecule has 4 nitrogen and oxygen atoms in total. The van der Waals surface area contributed by atoms with Gasteiger partial charge in [-0.15, -0.1) is 0 Å². The molecule has 132 valence electrons. The van der Waals surface area contributed by atoms with Crippen LogP contribution in [0.5, 0.6) is 0 Å². The van der Waals surface area contributed by atoms with Crippen LogP contribution in [-0.4, -0.2) is 11.9 Å². The van der Waals surface area contributed by atoms with Crippen molar-refractivity contribution in [2.24, 2.45) is 0 Å². The van der Waals surface area contributed by atoms with Crippen LogP contribution >= 0.6 is 0 Å². The van der Waals surface area contributed by atoms with E-state index in [0.717, 1.165) is 17.7 Å². The number of esters is 1. The molecule has 0 unspecified atom stereocenters. The number of benzene rings is 2. The zero-order chi connectivity index (χ0) is 18.4. The molecule has 0 saturated carbocycles. The van der Waals surface area contributed by atoms with Gasteiger partial charge in [-0.25, -0.2) is 4.79 Å². The molecule has 0 aliphatic rings. The minimum Gasteiger partial charge on any atom is -0.457 e. The van der Waals surface area contributed by atoms with Crippen molar-refractivity contribution in [3.63, 3.8) is 0 Å². The summed E-state index contributed by atoms with van der Waals surface area (Å²) in [6, 6.07) is 11.0. The number of hydrogen-bond acceptors (Lipinski definition) is 3. The molecule has 7 heteroatoms. The van der Waals surface area contributed by atoms with Gasteiger partial charge in [0.2, 0.25) is 5.91 Å². The predicted molar refractivity (Wildman–Crippen MR) is 84.5 cm³/mol. The molecule has 2 aromatic carbocycles. The quantitative estimate of drug-likeness (QED) is 0.836. The zero-order valence-corrected chi connectivity index (χ0v) is 13.4. The van der Waals surface area contributed by atoms with Gasteiger partial charge >= 0.3 is 12.1 Å². The molecule has 2 aromatic rings. The van der Waals surface area contributed by atoms with Crippen molar-refractivity contribution in [1.29, 1.82) is 0 Å². The van der Waals surface area contributed by atoms with Gasteiger partial charge in [0, 0.05) is 13.5 Å². The summed E-state index contributed by atoms with van der Waals surface area (Å²) in [6.07, 6.45) is -4.44. The number of rotatable bonds is 5. The SMILES string of the molecule is CC(=O)NCc1ccc(C(=O)OCc2cccc(C(F)(F)F)c2)cc1. The Hall–Kier alpha value is -2.83. The molecular weight excluding hydrogens is 335 g/mol. The van der Waals surface area contributed by atoms with Crippen molar-refractivity contribution in [2.75, 3.05) is 0 Å². The van der Waals surface area contributed by atoms with Gasteiger partial charge in [-0.05, 0) is 35.4 Å². The van der Waals surface area contributed by atoms with Crippen molar-refractivity contribution in [3.05, 3.63) is 70.8 Å². The fourth-order valence-corrected chi connectivity index (χ4v) is 2.05. The van der Waals surface area contributed by atoms with E-state index in [0.29, 0.717) is 6.54 Å². The van der Waals surface area contributed by atoms with E-state index in [1.165, 1.54) is 31.2 Å². The summed E-state index contributed by atoms with van der Waals surface area (Å²) in [6.45, 7) is 1.49. The largest absolute Gasteiger partial charge is 0.457 e. The Kier molecular flexibility index (Phi) is 5.80. The minimum absolute atomic E-state index is 0.162. The lowest BCUT2D eigenvalue weighted by molar-refractivity contribution is -0.137. The molecule has 0 atom stereocenters. The molecule has 0 heterocycles. The Bertz CT molecular complexity index is 755. The van der Waals surface area contributed by atoms with E-state index < -0.39 is 17.7 Å². The predicted octanol–water partition coefficient (Wildman–Crippen LogP) is 3.70. The first kappa shape index (κ1) is 18.5. The number of ether oxygens (including phenoxy) is 1. The van der Waals surface area contributed by atoms with Crippen LogP contribution in [0.15, 0.2) is 48.5 Å². The summed E-state index contributed by atoms with van der Waals surface area (Å²) >= 11 is 0. The molecule has 1 amide bonds. The van der Waals surface area contributed by atoms with Crippen LogP contribution in [0.2, 0.25) is 0 Å². The van der Waals surface area contributed by atoms with E-state index in [1.807, 2.05) is 0 Å². The Labute approximate surface area is 142 Å². The van der Waals surface area contributed by atoms with Crippen LogP contribution < -0.4 is 5.32 Å². The van der Waals surface area contributed by atoms with Crippen LogP contribution in [0.25, 0.3) is 0 Å². The molecule has 0 aliphatic heterocycles. The molecule has 0 fully saturated rings. The Morgan fingerprint density at radius 1 is 1.04 bits per heavy atom. The first-order valence-corrected chi connectivity index (χ1v) is 7.42. The third kappa shape index (κ3) is 5.63. The first-order chi connectivity index (χ1) is 11.8. The normalized spacial score (nSPS) is 11.0. The first-order valence-electron chi connectivity index (χ1n) is 7.42. The second-order valence-corrected chi connectivity index (χ2v) is 5.38. The van der Waals surface area contributed by atoms with E-state index in [1.54, 1.807) is 12.1 Å². The average Bonchev–Trinajstić information content (AvgIpc) is 2.58. The van der Waals surface area contributed by atoms with Gasteiger partial charge in [-0.1, -0.05) is 24.3 Å². The zero-order valence-electron chi connectivity index (χ0n) is 13.4. The van der Waals surface area contributed by atoms with Crippen molar-refractivity contribution in [2.45, 2.75) is 26.3 Å². The van der Waals surface area contributed by atoms with Gasteiger partial charge in [0.15, 0.2) is 0 Å². The second-order valence-electron chi connectivity index (χ2n) is 5.38. The highest BCUT2D eigenvalue weighted by molar-refractivity contribution is 5.89. The van der Waals surface area contributed by atoms with Crippen LogP contribution in [0.4, 0.5) is 13.2 Å². The van der Waals surface area contributed by atoms with Gasteiger partial charge in [0.25, 0.3) is 0 Å². The molecule has 0 aliphatic carbocycles. The maximum absolute atomic E-state index is 12.6. The lowest BCUT2D eigenvalue weighted by Gasteiger charge is -2.09. The van der Waals surface area contributed by atoms with Crippen LogP contribution in [-0.2, 0) is 28.9 Å². The highest BCUT2D eigenvalue weighted by Crippen LogP contribution is 2.29. The Balaban J connectivity index is 1.95. The number of carbonyl (C=O) groups excluding carboxylic acids is 2. The Morgan fingerprint density at radius 3 is 2.32 bits per heavy atom. The smallest absolute Gasteiger partial charge is 0.416 e. The average molecular weight is 351 g/mol. The van der Waals surface area contributed by atoms with Gasteiger partial charge in [-0.2, -0.15) is 13.2 Å². The number of hydrogen-bond donors (Lipinski definition) is 1. The van der Waals surface area contributed by atoms with E-state index in [4.69, 9.17) is 4.74 Å². The van der Waals surface area contributed by atoms with Gasteiger partial charge in [0.1, 0.15) is 6.61 Å². The molecule has 2 rings (SSSR count). The highest BCUT2D eigenvalue weighted by Gasteiger charge is 2.30. The van der Waals surface area contributed by atoms with Crippen LogP contribution in [0, 0.1) is 0 Å². The number of alkyl halides is 3. The number of halogens is 3. The number of amides is 1. The fraction of sp³-hybridized carbons (Fsp3) is 0.222. The summed E-state index contributed by atoms with van der Waals surface area (Å²) < 4.78 is 43.0. The van der Waals surface area contributed by atoms with Crippen molar-refractivity contribution in [1.82, 2.24) is 5.32 Å². The summed E-state index contributed by atoms with van der Waals surface area (Å²) in [5.41, 5.74) is 0.553. The Morgan fingerprint density at radius 2 is 1.72 bits per heavy atom. The third-order valence-electron chi connectivity index (χ3n) is 3.36. The molecule has 0 aromatic heterocycles. The lowest BCUT2D eigenvalue weighted by Crippen LogP contribution is -2.18. The van der Waals surface area contributed by atoms with Gasteiger partial charge in [0.05, 0.1) is 11.1 Å². The van der Waals surface area contributed by atoms with Gasteiger partial charge in [-0.3, -0.25) is 4.79 Å². The molecule has 0 saturated heterocycles. The van der Waals surface area contributed by atoms with E-state index in [9.17, 15) is 22.8 Å². The lowest BCUT2D eigenvalue weighted by atomic mass is 10.1. The van der Waals surface area contributed by atoms with Crippen LogP contribution in [0.3, 0.4) is 0 Å². The van der Waals surface area contributed by atoms with E-state index in [2.05, 4.69) is 5.32 Å². The minimum atomic E-state index is -4.44. The number of carbonyl (C=O) groups is 2. The topological polar surface area (TPSA) is 55.4 Å². The van der Waals surface area contributed by atoms with Crippen LogP contribution in [0.1, 0.15) is 34.0 Å². The standard InChI is InChI=1S/C18H16F3NO3/c1-12(23)22-10-13-5-7-15(8-6-13)17(24)25-11-14-3-2-4-16(9-14)18(19,20)21/h2-9H,10-11H2,1H3,(H,22,23). The molecule has 0 bridgehead atoms. The summed E-state index contributed by atoms with van der Waals surface area (Å²) in [5, 5.41) is 2.63. The highest BCUT2D eigenvalue weighted by atomic mass is 19.4. The van der Waals surface area contributed by atoms with E-state index >= 15 is 0 Å². The van der Waals surface area contributed by atoms with Crippen molar-refractivity contribution in [3.8, 4) is 0 Å². The summed E-state index contributed by atoms with van der Waals surface area (Å²) in [7, 11) is 0. The summed E-state index contributed by atoms with van der Waals surface area (Å²) in [5.74, 6) is -0.798. The van der Waals surface area contributed by atoms with Crippen molar-refractivity contribution >= 4 is 11.9 Å². The maximum Gasteiger partial charge on any atom is 0.416 e. The van der Waals surface area contributed by atoms with Crippen molar-refractivity contribution < 1.29 is 27.5 Å². The third-order valence-corrected chi connectivity index (χ3v) is 3.36. The summed E-state index contributed by atoms with van der Waals surface area (Å²) in [4.78, 5) is 22.8. The monoisotopic (exact) mass is 351 g/mol. The molecule has 0 spiro atoms. The molecule has 0 radical (unpaired) electrons. The molecule has 1 N–H and O–H groups in total. The fourth-order valence-electron chi connectivity index (χ4n) is 2.05. The molecular formula is C18H16F3NO3. The maximum atomic E-state index is 12.6.